The molecule has 3 heteroatoms. The van der Waals surface area contributed by atoms with Gasteiger partial charge in [0.1, 0.15) is 18.1 Å². The number of hydrogen-bond donors (Lipinski definition) is 1. The van der Waals surface area contributed by atoms with Crippen LogP contribution >= 0.6 is 0 Å². The van der Waals surface area contributed by atoms with Crippen LogP contribution in [-0.2, 0) is 6.61 Å². The van der Waals surface area contributed by atoms with E-state index in [-0.39, 0.29) is 6.61 Å². The van der Waals surface area contributed by atoms with E-state index >= 15 is 0 Å². The van der Waals surface area contributed by atoms with E-state index in [9.17, 15) is 0 Å². The van der Waals surface area contributed by atoms with Crippen LogP contribution in [0, 0.1) is 13.8 Å². The van der Waals surface area contributed by atoms with Crippen LogP contribution in [0.5, 0.6) is 0 Å². The summed E-state index contributed by atoms with van der Waals surface area (Å²) in [5.41, 5.74) is 3.01. The van der Waals surface area contributed by atoms with Gasteiger partial charge in [0.25, 0.3) is 0 Å². The molecule has 0 aliphatic rings. The van der Waals surface area contributed by atoms with E-state index in [0.29, 0.717) is 5.89 Å². The molecule has 3 nitrogen and oxygen atoms in total. The molecular weight excluding hydrogens is 190 g/mol. The second-order valence-electron chi connectivity index (χ2n) is 3.54. The maximum Gasteiger partial charge on any atom is 0.220 e. The Kier molecular flexibility index (Phi) is 2.56. The highest BCUT2D eigenvalue weighted by molar-refractivity contribution is 5.61. The van der Waals surface area contributed by atoms with E-state index in [1.807, 2.05) is 38.1 Å². The van der Waals surface area contributed by atoms with Gasteiger partial charge in [0.05, 0.1) is 0 Å². The lowest BCUT2D eigenvalue weighted by Gasteiger charge is -1.98. The van der Waals surface area contributed by atoms with Crippen molar-refractivity contribution in [1.82, 2.24) is 4.98 Å². The molecule has 78 valence electrons. The van der Waals surface area contributed by atoms with E-state index in [4.69, 9.17) is 9.52 Å². The number of nitrogens with zero attached hydrogens (tertiary/aromatic N) is 1. The largest absolute Gasteiger partial charge is 0.443 e. The van der Waals surface area contributed by atoms with E-state index in [0.717, 1.165) is 17.0 Å². The van der Waals surface area contributed by atoms with E-state index < -0.39 is 0 Å². The molecule has 0 unspecified atom stereocenters. The Morgan fingerprint density at radius 2 is 2.13 bits per heavy atom. The summed E-state index contributed by atoms with van der Waals surface area (Å²) >= 11 is 0. The van der Waals surface area contributed by atoms with E-state index in [1.54, 1.807) is 0 Å². The normalized spacial score (nSPS) is 10.6. The molecule has 0 spiro atoms. The van der Waals surface area contributed by atoms with Gasteiger partial charge >= 0.3 is 0 Å². The zero-order valence-electron chi connectivity index (χ0n) is 8.82. The molecule has 0 fully saturated rings. The number of benzene rings is 1. The summed E-state index contributed by atoms with van der Waals surface area (Å²) < 4.78 is 5.30. The summed E-state index contributed by atoms with van der Waals surface area (Å²) in [7, 11) is 0. The number of aryl methyl sites for hydroxylation is 2. The molecule has 0 atom stereocenters. The van der Waals surface area contributed by atoms with Gasteiger partial charge in [-0.2, -0.15) is 0 Å². The van der Waals surface area contributed by atoms with Crippen molar-refractivity contribution < 1.29 is 9.52 Å². The van der Waals surface area contributed by atoms with Gasteiger partial charge in [0.2, 0.25) is 5.89 Å². The molecule has 0 saturated heterocycles. The van der Waals surface area contributed by atoms with Gasteiger partial charge in [-0.1, -0.05) is 23.8 Å². The van der Waals surface area contributed by atoms with Crippen LogP contribution in [0.4, 0.5) is 0 Å². The van der Waals surface area contributed by atoms with E-state index in [1.165, 1.54) is 5.56 Å². The Morgan fingerprint density at radius 3 is 2.73 bits per heavy atom. The first-order chi connectivity index (χ1) is 7.20. The van der Waals surface area contributed by atoms with Crippen molar-refractivity contribution in [3.8, 4) is 11.3 Å². The topological polar surface area (TPSA) is 46.3 Å². The predicted octanol–water partition coefficient (Wildman–Crippen LogP) is 2.45. The number of oxazole rings is 1. The highest BCUT2D eigenvalue weighted by Gasteiger charge is 2.10. The maximum absolute atomic E-state index is 8.92. The molecule has 1 aromatic heterocycles. The highest BCUT2D eigenvalue weighted by atomic mass is 16.4. The lowest BCUT2D eigenvalue weighted by atomic mass is 10.1. The van der Waals surface area contributed by atoms with Gasteiger partial charge in [-0.3, -0.25) is 0 Å². The predicted molar refractivity (Wildman–Crippen MR) is 57.3 cm³/mol. The zero-order valence-corrected chi connectivity index (χ0v) is 8.82. The third-order valence-electron chi connectivity index (χ3n) is 2.27. The molecule has 1 heterocycles. The monoisotopic (exact) mass is 203 g/mol. The van der Waals surface area contributed by atoms with Gasteiger partial charge in [0.15, 0.2) is 0 Å². The van der Waals surface area contributed by atoms with Crippen LogP contribution in [0.15, 0.2) is 28.7 Å². The average Bonchev–Trinajstić information content (AvgIpc) is 2.60. The first-order valence-electron chi connectivity index (χ1n) is 4.85. The SMILES string of the molecule is Cc1cccc(-c2nc(CO)oc2C)c1. The second kappa shape index (κ2) is 3.87. The Labute approximate surface area is 88.4 Å². The smallest absolute Gasteiger partial charge is 0.220 e. The zero-order chi connectivity index (χ0) is 10.8. The summed E-state index contributed by atoms with van der Waals surface area (Å²) in [5, 5.41) is 8.92. The summed E-state index contributed by atoms with van der Waals surface area (Å²) in [6, 6.07) is 8.05. The van der Waals surface area contributed by atoms with Crippen molar-refractivity contribution in [1.29, 1.82) is 0 Å². The minimum Gasteiger partial charge on any atom is -0.443 e. The van der Waals surface area contributed by atoms with Crippen LogP contribution in [0.3, 0.4) is 0 Å². The van der Waals surface area contributed by atoms with Crippen molar-refractivity contribution in [3.63, 3.8) is 0 Å². The maximum atomic E-state index is 8.92. The Balaban J connectivity index is 2.48. The number of aromatic nitrogens is 1. The minimum absolute atomic E-state index is 0.160. The molecule has 0 saturated carbocycles. The summed E-state index contributed by atoms with van der Waals surface area (Å²) in [4.78, 5) is 4.22. The van der Waals surface area contributed by atoms with Crippen LogP contribution in [0.25, 0.3) is 11.3 Å². The van der Waals surface area contributed by atoms with Crippen molar-refractivity contribution >= 4 is 0 Å². The molecule has 0 radical (unpaired) electrons. The van der Waals surface area contributed by atoms with Crippen LogP contribution in [0.2, 0.25) is 0 Å². The summed E-state index contributed by atoms with van der Waals surface area (Å²) in [6.07, 6.45) is 0. The molecule has 0 amide bonds. The number of rotatable bonds is 2. The van der Waals surface area contributed by atoms with Crippen LogP contribution in [-0.4, -0.2) is 10.1 Å². The van der Waals surface area contributed by atoms with Crippen molar-refractivity contribution in [2.75, 3.05) is 0 Å². The lowest BCUT2D eigenvalue weighted by molar-refractivity contribution is 0.238. The molecule has 2 rings (SSSR count). The third-order valence-corrected chi connectivity index (χ3v) is 2.27. The number of aliphatic hydroxyl groups is 1. The second-order valence-corrected chi connectivity index (χ2v) is 3.54. The summed E-state index contributed by atoms with van der Waals surface area (Å²) in [5.74, 6) is 1.11. The fourth-order valence-electron chi connectivity index (χ4n) is 1.58. The lowest BCUT2D eigenvalue weighted by Crippen LogP contribution is -1.84. The molecule has 2 aromatic rings. The third kappa shape index (κ3) is 1.92. The summed E-state index contributed by atoms with van der Waals surface area (Å²) in [6.45, 7) is 3.72. The van der Waals surface area contributed by atoms with Gasteiger partial charge in [-0.15, -0.1) is 0 Å². The first-order valence-corrected chi connectivity index (χ1v) is 4.85. The molecule has 1 N–H and O–H groups in total. The Bertz CT molecular complexity index is 474. The number of hydrogen-bond acceptors (Lipinski definition) is 3. The van der Waals surface area contributed by atoms with Crippen molar-refractivity contribution in [2.45, 2.75) is 20.5 Å². The van der Waals surface area contributed by atoms with Crippen LogP contribution in [0.1, 0.15) is 17.2 Å². The van der Waals surface area contributed by atoms with Gasteiger partial charge in [-0.05, 0) is 19.9 Å². The first kappa shape index (κ1) is 9.93. The van der Waals surface area contributed by atoms with Gasteiger partial charge in [0, 0.05) is 5.56 Å². The fraction of sp³-hybridized carbons (Fsp3) is 0.250. The fourth-order valence-corrected chi connectivity index (χ4v) is 1.58. The molecule has 0 aliphatic carbocycles. The molecule has 0 bridgehead atoms. The molecule has 0 aliphatic heterocycles. The van der Waals surface area contributed by atoms with Crippen LogP contribution < -0.4 is 0 Å². The van der Waals surface area contributed by atoms with Crippen molar-refractivity contribution in [2.24, 2.45) is 0 Å². The molecule has 1 aromatic carbocycles. The van der Waals surface area contributed by atoms with Crippen molar-refractivity contribution in [3.05, 3.63) is 41.5 Å². The Hall–Kier alpha value is -1.61. The quantitative estimate of drug-likeness (QED) is 0.815. The molecule has 15 heavy (non-hydrogen) atoms. The van der Waals surface area contributed by atoms with Gasteiger partial charge in [-0.25, -0.2) is 4.98 Å². The van der Waals surface area contributed by atoms with E-state index in [2.05, 4.69) is 4.98 Å². The standard InChI is InChI=1S/C12H13NO2/c1-8-4-3-5-10(6-8)12-9(2)15-11(7-14)13-12/h3-6,14H,7H2,1-2H3. The Morgan fingerprint density at radius 1 is 1.33 bits per heavy atom. The number of aliphatic hydroxyl groups excluding tert-OH is 1. The minimum atomic E-state index is -0.160. The molecular formula is C12H13NO2. The average molecular weight is 203 g/mol. The highest BCUT2D eigenvalue weighted by Crippen LogP contribution is 2.23. The van der Waals surface area contributed by atoms with Gasteiger partial charge < -0.3 is 9.52 Å².